The number of aryl methyl sites for hydroxylation is 2. The van der Waals surface area contributed by atoms with Crippen molar-refractivity contribution in [1.29, 1.82) is 0 Å². The molecule has 2 aliphatic heterocycles. The van der Waals surface area contributed by atoms with Crippen molar-refractivity contribution < 1.29 is 53.4 Å². The monoisotopic (exact) mass is 810 g/mol. The summed E-state index contributed by atoms with van der Waals surface area (Å²) in [6, 6.07) is 23.3. The number of hydrogen-bond donors (Lipinski definition) is 2. The third-order valence-electron chi connectivity index (χ3n) is 9.86. The van der Waals surface area contributed by atoms with E-state index in [1.807, 2.05) is 0 Å². The van der Waals surface area contributed by atoms with Gasteiger partial charge in [-0.05, 0) is 120 Å². The van der Waals surface area contributed by atoms with E-state index >= 15 is 0 Å². The third-order valence-corrected chi connectivity index (χ3v) is 9.86. The van der Waals surface area contributed by atoms with Gasteiger partial charge in [0.15, 0.2) is 0 Å². The summed E-state index contributed by atoms with van der Waals surface area (Å²) >= 11 is 0. The predicted octanol–water partition coefficient (Wildman–Crippen LogP) is 13.0. The molecule has 2 heterocycles. The van der Waals surface area contributed by atoms with E-state index in [4.69, 9.17) is 9.47 Å². The van der Waals surface area contributed by atoms with Crippen LogP contribution < -0.4 is 20.1 Å². The smallest absolute Gasteiger partial charge is 0.416 e. The molecule has 2 aliphatic rings. The topological polar surface area (TPSA) is 42.5 Å². The van der Waals surface area contributed by atoms with Gasteiger partial charge < -0.3 is 20.1 Å². The minimum atomic E-state index is -4.40. The maximum absolute atomic E-state index is 14.0. The van der Waals surface area contributed by atoms with Crippen LogP contribution in [0.5, 0.6) is 11.5 Å². The Labute approximate surface area is 326 Å². The number of ether oxygens (including phenoxy) is 2. The zero-order valence-corrected chi connectivity index (χ0v) is 30.6. The van der Waals surface area contributed by atoms with Crippen LogP contribution in [0.3, 0.4) is 0 Å². The maximum Gasteiger partial charge on any atom is 0.416 e. The van der Waals surface area contributed by atoms with Gasteiger partial charge in [0.05, 0.1) is 34.6 Å². The number of anilines is 2. The number of fused-ring (bicyclic) bond motifs is 2. The Kier molecular flexibility index (Phi) is 10.8. The van der Waals surface area contributed by atoms with Gasteiger partial charge in [0.2, 0.25) is 0 Å². The van der Waals surface area contributed by atoms with E-state index in [1.54, 1.807) is 50.2 Å². The molecule has 58 heavy (non-hydrogen) atoms. The Bertz CT molecular complexity index is 2290. The van der Waals surface area contributed by atoms with E-state index in [2.05, 4.69) is 10.6 Å². The zero-order chi connectivity index (χ0) is 41.5. The molecule has 2 atom stereocenters. The first-order valence-electron chi connectivity index (χ1n) is 17.8. The number of nitrogens with one attached hydrogen (secondary N) is 2. The lowest BCUT2D eigenvalue weighted by molar-refractivity contribution is -0.138. The van der Waals surface area contributed by atoms with E-state index in [9.17, 15) is 43.9 Å². The fraction of sp³-hybridized carbons (Fsp3) is 0.182. The molecule has 0 aromatic heterocycles. The largest absolute Gasteiger partial charge is 0.489 e. The summed E-state index contributed by atoms with van der Waals surface area (Å²) in [4.78, 5) is 0. The molecular weight excluding hydrogens is 778 g/mol. The predicted molar refractivity (Wildman–Crippen MR) is 200 cm³/mol. The maximum atomic E-state index is 14.0. The summed E-state index contributed by atoms with van der Waals surface area (Å²) in [5.74, 6) is -1.71. The number of rotatable bonds is 4. The Morgan fingerprint density at radius 3 is 1.17 bits per heavy atom. The molecule has 2 N–H and O–H groups in total. The van der Waals surface area contributed by atoms with Crippen LogP contribution in [0.25, 0.3) is 22.3 Å². The quantitative estimate of drug-likeness (QED) is 0.174. The molecule has 300 valence electrons. The van der Waals surface area contributed by atoms with Crippen LogP contribution in [0.1, 0.15) is 45.5 Å². The first kappa shape index (κ1) is 40.0. The van der Waals surface area contributed by atoms with Gasteiger partial charge in [-0.25, -0.2) is 17.6 Å². The van der Waals surface area contributed by atoms with Crippen molar-refractivity contribution in [3.05, 3.63) is 166 Å². The van der Waals surface area contributed by atoms with Crippen molar-refractivity contribution in [2.24, 2.45) is 0 Å². The molecule has 6 aromatic rings. The molecule has 14 heteroatoms. The summed E-state index contributed by atoms with van der Waals surface area (Å²) in [6.45, 7) is 3.25. The van der Waals surface area contributed by atoms with Crippen molar-refractivity contribution in [1.82, 2.24) is 0 Å². The van der Waals surface area contributed by atoms with E-state index in [0.29, 0.717) is 56.3 Å². The van der Waals surface area contributed by atoms with Crippen LogP contribution in [-0.2, 0) is 12.4 Å². The molecule has 0 bridgehead atoms. The molecule has 0 saturated heterocycles. The van der Waals surface area contributed by atoms with Crippen LogP contribution >= 0.6 is 0 Å². The zero-order valence-electron chi connectivity index (χ0n) is 30.6. The molecule has 0 amide bonds. The molecule has 4 nitrogen and oxygen atoms in total. The number of halogens is 10. The molecule has 0 aliphatic carbocycles. The number of hydrogen-bond acceptors (Lipinski definition) is 4. The summed E-state index contributed by atoms with van der Waals surface area (Å²) < 4.78 is 145. The fourth-order valence-electron chi connectivity index (χ4n) is 6.99. The van der Waals surface area contributed by atoms with Crippen molar-refractivity contribution >= 4 is 11.4 Å². The van der Waals surface area contributed by atoms with Crippen LogP contribution in [0.2, 0.25) is 0 Å². The first-order chi connectivity index (χ1) is 27.5. The van der Waals surface area contributed by atoms with Crippen molar-refractivity contribution in [3.63, 3.8) is 0 Å². The van der Waals surface area contributed by atoms with E-state index in [0.717, 1.165) is 24.3 Å². The Morgan fingerprint density at radius 2 is 0.845 bits per heavy atom. The van der Waals surface area contributed by atoms with E-state index in [1.165, 1.54) is 48.5 Å². The lowest BCUT2D eigenvalue weighted by Crippen LogP contribution is -2.25. The molecule has 6 aromatic carbocycles. The Morgan fingerprint density at radius 1 is 0.483 bits per heavy atom. The first-order valence-corrected chi connectivity index (χ1v) is 17.8. The van der Waals surface area contributed by atoms with Gasteiger partial charge in [0.25, 0.3) is 0 Å². The van der Waals surface area contributed by atoms with Gasteiger partial charge in [-0.3, -0.25) is 0 Å². The van der Waals surface area contributed by atoms with E-state index in [-0.39, 0.29) is 24.3 Å². The second kappa shape index (κ2) is 15.6. The SMILES string of the molecule is Cc1cc(C(F)(F)F)ccc1-c1ccc2c(c1)OC[C@@H](c1c(F)cccc1F)N2.Cc1cc(C(F)(F)F)ccc1-c1ccc2c(c1)OC[C@H](c1c(F)cccc1F)N2. The van der Waals surface area contributed by atoms with Gasteiger partial charge in [0, 0.05) is 11.1 Å². The highest BCUT2D eigenvalue weighted by molar-refractivity contribution is 5.75. The van der Waals surface area contributed by atoms with Gasteiger partial charge in [0.1, 0.15) is 48.0 Å². The summed E-state index contributed by atoms with van der Waals surface area (Å²) in [5.41, 5.74) is 3.13. The highest BCUT2D eigenvalue weighted by Crippen LogP contribution is 2.42. The fourth-order valence-corrected chi connectivity index (χ4v) is 6.99. The molecule has 0 spiro atoms. The van der Waals surface area contributed by atoms with E-state index < -0.39 is 58.8 Å². The average molecular weight is 811 g/mol. The summed E-state index contributed by atoms with van der Waals surface area (Å²) in [7, 11) is 0. The number of benzene rings is 6. The minimum absolute atomic E-state index is 0.0142. The van der Waals surface area contributed by atoms with Gasteiger partial charge in [-0.1, -0.05) is 36.4 Å². The van der Waals surface area contributed by atoms with Crippen LogP contribution in [0.15, 0.2) is 109 Å². The Hall–Kier alpha value is -6.18. The van der Waals surface area contributed by atoms with Gasteiger partial charge in [-0.15, -0.1) is 0 Å². The molecular formula is C44H32F10N2O2. The van der Waals surface area contributed by atoms with Crippen LogP contribution in [0, 0.1) is 37.1 Å². The minimum Gasteiger partial charge on any atom is -0.489 e. The summed E-state index contributed by atoms with van der Waals surface area (Å²) in [6.07, 6.45) is -8.80. The Balaban J connectivity index is 0.000000177. The van der Waals surface area contributed by atoms with Crippen LogP contribution in [-0.4, -0.2) is 13.2 Å². The van der Waals surface area contributed by atoms with Gasteiger partial charge in [-0.2, -0.15) is 26.3 Å². The second-order valence-electron chi connectivity index (χ2n) is 13.8. The lowest BCUT2D eigenvalue weighted by atomic mass is 9.97. The number of alkyl halides is 6. The second-order valence-corrected chi connectivity index (χ2v) is 13.8. The van der Waals surface area contributed by atoms with Gasteiger partial charge >= 0.3 is 12.4 Å². The third kappa shape index (κ3) is 8.27. The molecule has 0 unspecified atom stereocenters. The average Bonchev–Trinajstić information content (AvgIpc) is 3.17. The normalized spacial score (nSPS) is 16.0. The molecule has 0 saturated carbocycles. The molecule has 0 fully saturated rings. The van der Waals surface area contributed by atoms with Crippen molar-refractivity contribution in [2.45, 2.75) is 38.3 Å². The molecule has 8 rings (SSSR count). The lowest BCUT2D eigenvalue weighted by Gasteiger charge is -2.28. The molecule has 0 radical (unpaired) electrons. The van der Waals surface area contributed by atoms with Crippen molar-refractivity contribution in [2.75, 3.05) is 23.8 Å². The highest BCUT2D eigenvalue weighted by atomic mass is 19.4. The summed E-state index contributed by atoms with van der Waals surface area (Å²) in [5, 5.41) is 6.13. The highest BCUT2D eigenvalue weighted by Gasteiger charge is 2.32. The standard InChI is InChI=1S/2C22H16F5NO/c2*1-12-9-14(22(25,26)27)6-7-15(12)13-5-8-18-20(10-13)29-11-19(28-18)21-16(23)3-2-4-17(21)24/h2*2-10,19,28H,11H2,1H3/t2*19-/m10/s1. The van der Waals surface area contributed by atoms with Crippen molar-refractivity contribution in [3.8, 4) is 33.8 Å². The van der Waals surface area contributed by atoms with Crippen LogP contribution in [0.4, 0.5) is 55.3 Å².